The molecule has 0 saturated carbocycles. The van der Waals surface area contributed by atoms with E-state index in [0.717, 1.165) is 17.0 Å². The van der Waals surface area contributed by atoms with Crippen LogP contribution in [0.15, 0.2) is 18.2 Å². The number of benzene rings is 1. The van der Waals surface area contributed by atoms with Crippen LogP contribution < -0.4 is 5.32 Å². The topological polar surface area (TPSA) is 29.9 Å². The summed E-state index contributed by atoms with van der Waals surface area (Å²) < 4.78 is 15.1. The normalized spacial score (nSPS) is 10.7. The number of hydrogen-bond acceptors (Lipinski definition) is 2. The fraction of sp³-hybridized carbons (Fsp3) is 0.308. The predicted octanol–water partition coefficient (Wildman–Crippen LogP) is 3.44. The van der Waals surface area contributed by atoms with Crippen molar-refractivity contribution in [3.8, 4) is 0 Å². The van der Waals surface area contributed by atoms with Gasteiger partial charge in [-0.15, -0.1) is 0 Å². The van der Waals surface area contributed by atoms with Gasteiger partial charge in [0.15, 0.2) is 0 Å². The lowest BCUT2D eigenvalue weighted by Gasteiger charge is -2.07. The summed E-state index contributed by atoms with van der Waals surface area (Å²) in [6.45, 7) is 4.60. The first-order valence-electron chi connectivity index (χ1n) is 5.67. The highest BCUT2D eigenvalue weighted by molar-refractivity contribution is 6.30. The van der Waals surface area contributed by atoms with Gasteiger partial charge in [-0.2, -0.15) is 5.10 Å². The number of hydrogen-bond donors (Lipinski definition) is 1. The van der Waals surface area contributed by atoms with Crippen molar-refractivity contribution < 1.29 is 4.39 Å². The molecule has 1 N–H and O–H groups in total. The van der Waals surface area contributed by atoms with E-state index >= 15 is 0 Å². The van der Waals surface area contributed by atoms with Crippen LogP contribution >= 0.6 is 11.6 Å². The van der Waals surface area contributed by atoms with Crippen molar-refractivity contribution in [1.29, 1.82) is 0 Å². The zero-order valence-electron chi connectivity index (χ0n) is 10.6. The van der Waals surface area contributed by atoms with E-state index in [0.29, 0.717) is 12.2 Å². The number of nitrogens with one attached hydrogen (secondary N) is 1. The standard InChI is InChI=1S/C13H15ClFN3/c1-8-11(9(2)18(3)17-8)7-16-10-4-5-12(14)13(15)6-10/h4-6,16H,7H2,1-3H3. The fourth-order valence-corrected chi connectivity index (χ4v) is 1.99. The summed E-state index contributed by atoms with van der Waals surface area (Å²) in [4.78, 5) is 0. The van der Waals surface area contributed by atoms with Gasteiger partial charge in [0.1, 0.15) is 5.82 Å². The highest BCUT2D eigenvalue weighted by Gasteiger charge is 2.09. The molecule has 0 spiro atoms. The Bertz CT molecular complexity index is 578. The zero-order valence-corrected chi connectivity index (χ0v) is 11.3. The van der Waals surface area contributed by atoms with Gasteiger partial charge in [0, 0.05) is 30.5 Å². The summed E-state index contributed by atoms with van der Waals surface area (Å²) in [6.07, 6.45) is 0. The van der Waals surface area contributed by atoms with Crippen molar-refractivity contribution in [1.82, 2.24) is 9.78 Å². The van der Waals surface area contributed by atoms with E-state index in [2.05, 4.69) is 10.4 Å². The molecule has 2 rings (SSSR count). The Balaban J connectivity index is 2.14. The molecule has 3 nitrogen and oxygen atoms in total. The zero-order chi connectivity index (χ0) is 13.3. The molecular weight excluding hydrogens is 253 g/mol. The van der Waals surface area contributed by atoms with Gasteiger partial charge in [-0.3, -0.25) is 4.68 Å². The third-order valence-corrected chi connectivity index (χ3v) is 3.35. The Kier molecular flexibility index (Phi) is 3.57. The summed E-state index contributed by atoms with van der Waals surface area (Å²) in [6, 6.07) is 4.69. The number of aromatic nitrogens is 2. The third-order valence-electron chi connectivity index (χ3n) is 3.05. The Morgan fingerprint density at radius 2 is 2.11 bits per heavy atom. The molecule has 2 aromatic rings. The maximum atomic E-state index is 13.3. The van der Waals surface area contributed by atoms with Crippen LogP contribution in [0.3, 0.4) is 0 Å². The molecule has 1 aromatic heterocycles. The Morgan fingerprint density at radius 3 is 2.67 bits per heavy atom. The molecule has 0 aliphatic rings. The molecule has 0 amide bonds. The molecule has 1 aromatic carbocycles. The molecule has 0 atom stereocenters. The summed E-state index contributed by atoms with van der Waals surface area (Å²) in [5.74, 6) is -0.415. The van der Waals surface area contributed by atoms with Crippen molar-refractivity contribution >= 4 is 17.3 Å². The minimum atomic E-state index is -0.415. The van der Waals surface area contributed by atoms with Crippen molar-refractivity contribution in [2.45, 2.75) is 20.4 Å². The van der Waals surface area contributed by atoms with Crippen LogP contribution in [0, 0.1) is 19.7 Å². The molecular formula is C13H15ClFN3. The molecule has 0 unspecified atom stereocenters. The molecule has 0 radical (unpaired) electrons. The molecule has 0 saturated heterocycles. The van der Waals surface area contributed by atoms with Gasteiger partial charge in [0.25, 0.3) is 0 Å². The summed E-state index contributed by atoms with van der Waals surface area (Å²) >= 11 is 5.64. The number of halogens is 2. The van der Waals surface area contributed by atoms with Gasteiger partial charge in [0.05, 0.1) is 10.7 Å². The molecule has 96 valence electrons. The van der Waals surface area contributed by atoms with Crippen LogP contribution in [0.4, 0.5) is 10.1 Å². The van der Waals surface area contributed by atoms with Crippen molar-refractivity contribution in [2.75, 3.05) is 5.32 Å². The smallest absolute Gasteiger partial charge is 0.143 e. The summed E-state index contributed by atoms with van der Waals surface area (Å²) in [7, 11) is 1.91. The average Bonchev–Trinajstić information content (AvgIpc) is 2.56. The van der Waals surface area contributed by atoms with E-state index in [1.54, 1.807) is 12.1 Å². The predicted molar refractivity (Wildman–Crippen MR) is 71.4 cm³/mol. The number of anilines is 1. The largest absolute Gasteiger partial charge is 0.381 e. The molecule has 1 heterocycles. The second kappa shape index (κ2) is 4.98. The highest BCUT2D eigenvalue weighted by Crippen LogP contribution is 2.20. The lowest BCUT2D eigenvalue weighted by molar-refractivity contribution is 0.628. The fourth-order valence-electron chi connectivity index (χ4n) is 1.87. The Morgan fingerprint density at radius 1 is 1.39 bits per heavy atom. The molecule has 0 bridgehead atoms. The first-order chi connectivity index (χ1) is 8.49. The van der Waals surface area contributed by atoms with Crippen LogP contribution in [0.2, 0.25) is 5.02 Å². The van der Waals surface area contributed by atoms with Gasteiger partial charge in [-0.05, 0) is 32.0 Å². The molecule has 5 heteroatoms. The van der Waals surface area contributed by atoms with Gasteiger partial charge in [-0.1, -0.05) is 11.6 Å². The maximum absolute atomic E-state index is 13.3. The summed E-state index contributed by atoms with van der Waals surface area (Å²) in [5, 5.41) is 7.64. The second-order valence-electron chi connectivity index (χ2n) is 4.26. The van der Waals surface area contributed by atoms with E-state index < -0.39 is 5.82 Å². The quantitative estimate of drug-likeness (QED) is 0.923. The van der Waals surface area contributed by atoms with Crippen molar-refractivity contribution in [2.24, 2.45) is 7.05 Å². The Hall–Kier alpha value is -1.55. The van der Waals surface area contributed by atoms with E-state index in [4.69, 9.17) is 11.6 Å². The van der Waals surface area contributed by atoms with E-state index in [9.17, 15) is 4.39 Å². The minimum absolute atomic E-state index is 0.134. The monoisotopic (exact) mass is 267 g/mol. The SMILES string of the molecule is Cc1nn(C)c(C)c1CNc1ccc(Cl)c(F)c1. The first-order valence-corrected chi connectivity index (χ1v) is 6.05. The molecule has 0 fully saturated rings. The van der Waals surface area contributed by atoms with Crippen LogP contribution in [0.1, 0.15) is 17.0 Å². The van der Waals surface area contributed by atoms with Crippen LogP contribution in [-0.2, 0) is 13.6 Å². The van der Waals surface area contributed by atoms with E-state index in [1.165, 1.54) is 6.07 Å². The maximum Gasteiger partial charge on any atom is 0.143 e. The van der Waals surface area contributed by atoms with E-state index in [-0.39, 0.29) is 5.02 Å². The summed E-state index contributed by atoms with van der Waals surface area (Å²) in [5.41, 5.74) is 3.93. The number of aryl methyl sites for hydroxylation is 2. The van der Waals surface area contributed by atoms with Crippen LogP contribution in [0.5, 0.6) is 0 Å². The average molecular weight is 268 g/mol. The lowest BCUT2D eigenvalue weighted by Crippen LogP contribution is -2.02. The van der Waals surface area contributed by atoms with Crippen molar-refractivity contribution in [3.63, 3.8) is 0 Å². The van der Waals surface area contributed by atoms with Gasteiger partial charge >= 0.3 is 0 Å². The lowest BCUT2D eigenvalue weighted by atomic mass is 10.2. The van der Waals surface area contributed by atoms with E-state index in [1.807, 2.05) is 25.6 Å². The molecule has 0 aliphatic carbocycles. The third kappa shape index (κ3) is 2.48. The van der Waals surface area contributed by atoms with Crippen molar-refractivity contribution in [3.05, 3.63) is 46.0 Å². The molecule has 0 aliphatic heterocycles. The van der Waals surface area contributed by atoms with Gasteiger partial charge < -0.3 is 5.32 Å². The van der Waals surface area contributed by atoms with Gasteiger partial charge in [0.2, 0.25) is 0 Å². The van der Waals surface area contributed by atoms with Crippen LogP contribution in [-0.4, -0.2) is 9.78 Å². The molecule has 18 heavy (non-hydrogen) atoms. The number of rotatable bonds is 3. The first kappa shape index (κ1) is 12.9. The Labute approximate surface area is 111 Å². The van der Waals surface area contributed by atoms with Gasteiger partial charge in [-0.25, -0.2) is 4.39 Å². The number of nitrogens with zero attached hydrogens (tertiary/aromatic N) is 2. The highest BCUT2D eigenvalue weighted by atomic mass is 35.5. The minimum Gasteiger partial charge on any atom is -0.381 e. The second-order valence-corrected chi connectivity index (χ2v) is 4.66. The van der Waals surface area contributed by atoms with Crippen LogP contribution in [0.25, 0.3) is 0 Å².